The van der Waals surface area contributed by atoms with Gasteiger partial charge in [-0.25, -0.2) is 4.79 Å². The number of hydrogen-bond acceptors (Lipinski definition) is 3. The van der Waals surface area contributed by atoms with E-state index in [0.717, 1.165) is 0 Å². The normalized spacial score (nSPS) is 13.4. The summed E-state index contributed by atoms with van der Waals surface area (Å²) in [6.07, 6.45) is 0.427. The van der Waals surface area contributed by atoms with Crippen molar-refractivity contribution < 1.29 is 14.7 Å². The molecule has 2 amide bonds. The Morgan fingerprint density at radius 1 is 1.37 bits per heavy atom. The van der Waals surface area contributed by atoms with Gasteiger partial charge in [0, 0.05) is 6.54 Å². The highest BCUT2D eigenvalue weighted by Gasteiger charge is 2.31. The Bertz CT molecular complexity index is 476. The predicted molar refractivity (Wildman–Crippen MR) is 73.9 cm³/mol. The van der Waals surface area contributed by atoms with Crippen molar-refractivity contribution in [3.63, 3.8) is 0 Å². The van der Waals surface area contributed by atoms with Gasteiger partial charge in [-0.05, 0) is 25.5 Å². The second kappa shape index (κ2) is 6.08. The fourth-order valence-corrected chi connectivity index (χ4v) is 1.40. The van der Waals surface area contributed by atoms with Gasteiger partial charge in [0.15, 0.2) is 0 Å². The van der Waals surface area contributed by atoms with Crippen LogP contribution in [0.15, 0.2) is 24.3 Å². The molecule has 1 aromatic rings. The summed E-state index contributed by atoms with van der Waals surface area (Å²) in [6.45, 7) is 3.41. The van der Waals surface area contributed by atoms with Gasteiger partial charge in [0.25, 0.3) is 0 Å². The summed E-state index contributed by atoms with van der Waals surface area (Å²) in [5.74, 6) is -0.936. The third kappa shape index (κ3) is 3.87. The summed E-state index contributed by atoms with van der Waals surface area (Å²) in [6, 6.07) is 6.38. The molecule has 0 spiro atoms. The Labute approximate surface area is 112 Å². The summed E-state index contributed by atoms with van der Waals surface area (Å²) in [7, 11) is 0. The molecule has 1 aromatic carbocycles. The van der Waals surface area contributed by atoms with Gasteiger partial charge < -0.3 is 21.5 Å². The van der Waals surface area contributed by atoms with E-state index in [1.807, 2.05) is 0 Å². The molecule has 1 rings (SSSR count). The lowest BCUT2D eigenvalue weighted by Gasteiger charge is -2.23. The average molecular weight is 265 g/mol. The monoisotopic (exact) mass is 265 g/mol. The quantitative estimate of drug-likeness (QED) is 0.610. The van der Waals surface area contributed by atoms with Gasteiger partial charge in [-0.15, -0.1) is 0 Å². The van der Waals surface area contributed by atoms with Gasteiger partial charge in [0.2, 0.25) is 0 Å². The Hall–Kier alpha value is -2.24. The van der Waals surface area contributed by atoms with Crippen molar-refractivity contribution >= 4 is 23.4 Å². The predicted octanol–water partition coefficient (Wildman–Crippen LogP) is 1.89. The number of carboxylic acids is 1. The van der Waals surface area contributed by atoms with E-state index in [4.69, 9.17) is 10.8 Å². The van der Waals surface area contributed by atoms with E-state index in [2.05, 4.69) is 10.6 Å². The Kier molecular flexibility index (Phi) is 4.74. The number of anilines is 2. The number of carboxylic acid groups (broad SMARTS) is 1. The van der Waals surface area contributed by atoms with Gasteiger partial charge in [0.1, 0.15) is 0 Å². The number of nitrogens with one attached hydrogen (secondary N) is 2. The summed E-state index contributed by atoms with van der Waals surface area (Å²) in [4.78, 5) is 22.8. The Morgan fingerprint density at radius 2 is 2.00 bits per heavy atom. The average Bonchev–Trinajstić information content (AvgIpc) is 2.38. The number of rotatable bonds is 5. The van der Waals surface area contributed by atoms with Crippen LogP contribution < -0.4 is 16.4 Å². The number of carbonyl (C=O) groups excluding carboxylic acids is 1. The van der Waals surface area contributed by atoms with Crippen molar-refractivity contribution in [2.75, 3.05) is 17.6 Å². The first-order valence-electron chi connectivity index (χ1n) is 6.02. The van der Waals surface area contributed by atoms with Crippen LogP contribution in [0, 0.1) is 5.41 Å². The highest BCUT2D eigenvalue weighted by Crippen LogP contribution is 2.20. The van der Waals surface area contributed by atoms with E-state index >= 15 is 0 Å². The smallest absolute Gasteiger partial charge is 0.319 e. The number of hydrogen-bond donors (Lipinski definition) is 4. The molecule has 1 atom stereocenters. The van der Waals surface area contributed by atoms with Gasteiger partial charge in [0.05, 0.1) is 16.8 Å². The number of amides is 2. The molecule has 19 heavy (non-hydrogen) atoms. The van der Waals surface area contributed by atoms with Gasteiger partial charge in [-0.2, -0.15) is 0 Å². The van der Waals surface area contributed by atoms with E-state index < -0.39 is 17.4 Å². The van der Waals surface area contributed by atoms with Crippen molar-refractivity contribution in [3.8, 4) is 0 Å². The number of benzene rings is 1. The van der Waals surface area contributed by atoms with Crippen molar-refractivity contribution in [1.82, 2.24) is 5.32 Å². The summed E-state index contributed by atoms with van der Waals surface area (Å²) < 4.78 is 0. The summed E-state index contributed by atoms with van der Waals surface area (Å²) in [5.41, 5.74) is 5.66. The SMILES string of the molecule is CCC(C)(CNC(=O)Nc1ccccc1N)C(=O)O. The minimum absolute atomic E-state index is 0.0530. The third-order valence-electron chi connectivity index (χ3n) is 3.14. The fraction of sp³-hybridized carbons (Fsp3) is 0.385. The first kappa shape index (κ1) is 14.8. The molecule has 0 radical (unpaired) electrons. The van der Waals surface area contributed by atoms with Crippen LogP contribution >= 0.6 is 0 Å². The first-order valence-corrected chi connectivity index (χ1v) is 6.02. The van der Waals surface area contributed by atoms with E-state index in [1.54, 1.807) is 38.1 Å². The van der Waals surface area contributed by atoms with Crippen LogP contribution in [-0.2, 0) is 4.79 Å². The molecule has 0 aliphatic heterocycles. The number of nitrogens with two attached hydrogens (primary N) is 1. The maximum atomic E-state index is 11.7. The molecular weight excluding hydrogens is 246 g/mol. The first-order chi connectivity index (χ1) is 8.89. The van der Waals surface area contributed by atoms with Gasteiger partial charge in [-0.3, -0.25) is 4.79 Å². The van der Waals surface area contributed by atoms with Crippen LogP contribution in [0.5, 0.6) is 0 Å². The number of nitrogen functional groups attached to an aromatic ring is 1. The molecule has 0 aliphatic carbocycles. The Morgan fingerprint density at radius 3 is 2.53 bits per heavy atom. The zero-order chi connectivity index (χ0) is 14.5. The van der Waals surface area contributed by atoms with Crippen LogP contribution in [0.1, 0.15) is 20.3 Å². The van der Waals surface area contributed by atoms with Crippen LogP contribution in [0.3, 0.4) is 0 Å². The lowest BCUT2D eigenvalue weighted by atomic mass is 9.88. The van der Waals surface area contributed by atoms with Crippen LogP contribution in [0.2, 0.25) is 0 Å². The molecule has 1 unspecified atom stereocenters. The van der Waals surface area contributed by atoms with Crippen LogP contribution in [-0.4, -0.2) is 23.7 Å². The van der Waals surface area contributed by atoms with Gasteiger partial charge >= 0.3 is 12.0 Å². The highest BCUT2D eigenvalue weighted by molar-refractivity contribution is 5.92. The standard InChI is InChI=1S/C13H19N3O3/c1-3-13(2,11(17)18)8-15-12(19)16-10-7-5-4-6-9(10)14/h4-7H,3,8,14H2,1-2H3,(H,17,18)(H2,15,16,19). The second-order valence-corrected chi connectivity index (χ2v) is 4.61. The van der Waals surface area contributed by atoms with Crippen molar-refractivity contribution in [3.05, 3.63) is 24.3 Å². The molecule has 0 saturated carbocycles. The van der Waals surface area contributed by atoms with Crippen molar-refractivity contribution in [2.24, 2.45) is 5.41 Å². The Balaban J connectivity index is 2.58. The van der Waals surface area contributed by atoms with E-state index in [0.29, 0.717) is 17.8 Å². The van der Waals surface area contributed by atoms with E-state index in [-0.39, 0.29) is 6.54 Å². The van der Waals surface area contributed by atoms with Gasteiger partial charge in [-0.1, -0.05) is 19.1 Å². The highest BCUT2D eigenvalue weighted by atomic mass is 16.4. The molecule has 5 N–H and O–H groups in total. The third-order valence-corrected chi connectivity index (χ3v) is 3.14. The zero-order valence-corrected chi connectivity index (χ0v) is 11.1. The number of urea groups is 1. The van der Waals surface area contributed by atoms with E-state index in [1.165, 1.54) is 0 Å². The van der Waals surface area contributed by atoms with Crippen molar-refractivity contribution in [1.29, 1.82) is 0 Å². The minimum Gasteiger partial charge on any atom is -0.481 e. The lowest BCUT2D eigenvalue weighted by molar-refractivity contribution is -0.147. The molecular formula is C13H19N3O3. The summed E-state index contributed by atoms with van der Waals surface area (Å²) in [5, 5.41) is 14.2. The number of carbonyl (C=O) groups is 2. The van der Waals surface area contributed by atoms with Crippen LogP contribution in [0.25, 0.3) is 0 Å². The molecule has 6 nitrogen and oxygen atoms in total. The number of aliphatic carboxylic acids is 1. The molecule has 0 aliphatic rings. The maximum absolute atomic E-state index is 11.7. The van der Waals surface area contributed by atoms with Crippen LogP contribution in [0.4, 0.5) is 16.2 Å². The summed E-state index contributed by atoms with van der Waals surface area (Å²) >= 11 is 0. The lowest BCUT2D eigenvalue weighted by Crippen LogP contribution is -2.42. The zero-order valence-electron chi connectivity index (χ0n) is 11.1. The van der Waals surface area contributed by atoms with Crippen molar-refractivity contribution in [2.45, 2.75) is 20.3 Å². The minimum atomic E-state index is -0.973. The molecule has 0 fully saturated rings. The molecule has 104 valence electrons. The maximum Gasteiger partial charge on any atom is 0.319 e. The largest absolute Gasteiger partial charge is 0.481 e. The molecule has 6 heteroatoms. The molecule has 0 heterocycles. The topological polar surface area (TPSA) is 104 Å². The molecule has 0 bridgehead atoms. The molecule has 0 aromatic heterocycles. The second-order valence-electron chi connectivity index (χ2n) is 4.61. The number of para-hydroxylation sites is 2. The molecule has 0 saturated heterocycles. The fourth-order valence-electron chi connectivity index (χ4n) is 1.40. The van der Waals surface area contributed by atoms with E-state index in [9.17, 15) is 9.59 Å².